The third kappa shape index (κ3) is 2.44. The Morgan fingerprint density at radius 1 is 1.47 bits per heavy atom. The Balaban J connectivity index is 2.22. The van der Waals surface area contributed by atoms with E-state index in [0.717, 1.165) is 16.5 Å². The van der Waals surface area contributed by atoms with Crippen molar-refractivity contribution in [2.24, 2.45) is 5.73 Å². The van der Waals surface area contributed by atoms with Crippen LogP contribution in [-0.2, 0) is 16.0 Å². The van der Waals surface area contributed by atoms with Gasteiger partial charge in [-0.3, -0.25) is 4.79 Å². The maximum absolute atomic E-state index is 10.8. The van der Waals surface area contributed by atoms with E-state index in [0.29, 0.717) is 12.7 Å². The molecule has 1 heterocycles. The molecular formula is C12H12N2O3. The summed E-state index contributed by atoms with van der Waals surface area (Å²) in [5, 5.41) is 1.01. The van der Waals surface area contributed by atoms with Gasteiger partial charge in [0.15, 0.2) is 12.4 Å². The largest absolute Gasteiger partial charge is 0.438 e. The van der Waals surface area contributed by atoms with E-state index in [2.05, 4.69) is 9.72 Å². The first kappa shape index (κ1) is 11.2. The number of ether oxygens (including phenoxy) is 1. The van der Waals surface area contributed by atoms with Crippen LogP contribution < -0.4 is 5.73 Å². The van der Waals surface area contributed by atoms with E-state index in [1.54, 1.807) is 6.20 Å². The molecule has 0 saturated heterocycles. The maximum Gasteiger partial charge on any atom is 0.405 e. The zero-order valence-electron chi connectivity index (χ0n) is 9.05. The van der Waals surface area contributed by atoms with E-state index in [1.807, 2.05) is 24.3 Å². The molecule has 0 radical (unpaired) electrons. The second-order valence-corrected chi connectivity index (χ2v) is 3.68. The lowest BCUT2D eigenvalue weighted by Gasteiger charge is -2.08. The summed E-state index contributed by atoms with van der Waals surface area (Å²) >= 11 is 0. The van der Waals surface area contributed by atoms with Crippen molar-refractivity contribution in [3.05, 3.63) is 36.0 Å². The Hall–Kier alpha value is -2.30. The normalized spacial score (nSPS) is 12.2. The summed E-state index contributed by atoms with van der Waals surface area (Å²) in [7, 11) is 0. The number of fused-ring (bicyclic) bond motifs is 1. The lowest BCUT2D eigenvalue weighted by atomic mass is 10.1. The van der Waals surface area contributed by atoms with Crippen LogP contribution in [0.3, 0.4) is 0 Å². The number of hydrogen-bond donors (Lipinski definition) is 2. The summed E-state index contributed by atoms with van der Waals surface area (Å²) in [4.78, 5) is 24.4. The number of para-hydroxylation sites is 1. The standard InChI is InChI=1S/C12H12N2O3/c13-12(16)17-9(7-15)5-8-6-14-11-4-2-1-3-10(8)11/h1-4,6-7,9,14H,5H2,(H2,13,16). The van der Waals surface area contributed by atoms with Gasteiger partial charge in [0.1, 0.15) is 0 Å². The number of aromatic nitrogens is 1. The number of nitrogens with one attached hydrogen (secondary N) is 1. The number of amides is 1. The summed E-state index contributed by atoms with van der Waals surface area (Å²) < 4.78 is 4.68. The molecule has 5 nitrogen and oxygen atoms in total. The lowest BCUT2D eigenvalue weighted by Crippen LogP contribution is -2.25. The highest BCUT2D eigenvalue weighted by molar-refractivity contribution is 5.83. The Morgan fingerprint density at radius 3 is 2.94 bits per heavy atom. The molecule has 88 valence electrons. The predicted molar refractivity (Wildman–Crippen MR) is 62.5 cm³/mol. The van der Waals surface area contributed by atoms with Gasteiger partial charge in [0, 0.05) is 23.5 Å². The fourth-order valence-corrected chi connectivity index (χ4v) is 1.78. The van der Waals surface area contributed by atoms with Crippen LogP contribution >= 0.6 is 0 Å². The fourth-order valence-electron chi connectivity index (χ4n) is 1.78. The van der Waals surface area contributed by atoms with Crippen molar-refractivity contribution in [2.75, 3.05) is 0 Å². The van der Waals surface area contributed by atoms with Crippen LogP contribution in [0, 0.1) is 0 Å². The first-order chi connectivity index (χ1) is 8.20. The highest BCUT2D eigenvalue weighted by Gasteiger charge is 2.14. The Labute approximate surface area is 97.6 Å². The van der Waals surface area contributed by atoms with Gasteiger partial charge in [-0.2, -0.15) is 0 Å². The van der Waals surface area contributed by atoms with Crippen LogP contribution in [0.1, 0.15) is 5.56 Å². The highest BCUT2D eigenvalue weighted by atomic mass is 16.6. The van der Waals surface area contributed by atoms with Crippen LogP contribution in [0.5, 0.6) is 0 Å². The first-order valence-electron chi connectivity index (χ1n) is 5.17. The molecule has 2 rings (SSSR count). The first-order valence-corrected chi connectivity index (χ1v) is 5.17. The molecule has 1 unspecified atom stereocenters. The molecule has 5 heteroatoms. The van der Waals surface area contributed by atoms with E-state index in [4.69, 9.17) is 5.73 Å². The Kier molecular flexibility index (Phi) is 3.09. The maximum atomic E-state index is 10.8. The van der Waals surface area contributed by atoms with Gasteiger partial charge >= 0.3 is 6.09 Å². The summed E-state index contributed by atoms with van der Waals surface area (Å²) in [6, 6.07) is 7.70. The van der Waals surface area contributed by atoms with E-state index in [1.165, 1.54) is 0 Å². The molecule has 17 heavy (non-hydrogen) atoms. The number of hydrogen-bond acceptors (Lipinski definition) is 3. The number of carbonyl (C=O) groups is 2. The number of aldehydes is 1. The van der Waals surface area contributed by atoms with Crippen molar-refractivity contribution in [3.8, 4) is 0 Å². The van der Waals surface area contributed by atoms with Crippen molar-refractivity contribution in [1.82, 2.24) is 4.98 Å². The van der Waals surface area contributed by atoms with Gasteiger partial charge in [0.25, 0.3) is 0 Å². The minimum Gasteiger partial charge on any atom is -0.438 e. The Bertz CT molecular complexity index is 547. The fraction of sp³-hybridized carbons (Fsp3) is 0.167. The van der Waals surface area contributed by atoms with Crippen LogP contribution in [0.25, 0.3) is 10.9 Å². The molecule has 0 aliphatic heterocycles. The number of H-pyrrole nitrogens is 1. The van der Waals surface area contributed by atoms with Gasteiger partial charge in [-0.05, 0) is 11.6 Å². The third-order valence-corrected chi connectivity index (χ3v) is 2.52. The molecule has 0 aliphatic carbocycles. The van der Waals surface area contributed by atoms with Crippen LogP contribution in [0.15, 0.2) is 30.5 Å². The van der Waals surface area contributed by atoms with Crippen molar-refractivity contribution in [3.63, 3.8) is 0 Å². The monoisotopic (exact) mass is 232 g/mol. The zero-order valence-corrected chi connectivity index (χ0v) is 9.05. The second-order valence-electron chi connectivity index (χ2n) is 3.68. The quantitative estimate of drug-likeness (QED) is 0.781. The lowest BCUT2D eigenvalue weighted by molar-refractivity contribution is -0.114. The molecule has 1 amide bonds. The number of rotatable bonds is 4. The smallest absolute Gasteiger partial charge is 0.405 e. The topological polar surface area (TPSA) is 85.2 Å². The average molecular weight is 232 g/mol. The van der Waals surface area contributed by atoms with Crippen molar-refractivity contribution in [2.45, 2.75) is 12.5 Å². The molecule has 3 N–H and O–H groups in total. The van der Waals surface area contributed by atoms with Crippen LogP contribution in [-0.4, -0.2) is 23.5 Å². The van der Waals surface area contributed by atoms with E-state index in [-0.39, 0.29) is 0 Å². The number of aromatic amines is 1. The van der Waals surface area contributed by atoms with Crippen molar-refractivity contribution in [1.29, 1.82) is 0 Å². The summed E-state index contributed by atoms with van der Waals surface area (Å²) in [6.45, 7) is 0. The number of nitrogens with two attached hydrogens (primary N) is 1. The predicted octanol–water partition coefficient (Wildman–Crippen LogP) is 1.37. The summed E-state index contributed by atoms with van der Waals surface area (Å²) in [5.41, 5.74) is 6.78. The summed E-state index contributed by atoms with van der Waals surface area (Å²) in [5.74, 6) is 0. The van der Waals surface area contributed by atoms with E-state index >= 15 is 0 Å². The van der Waals surface area contributed by atoms with Gasteiger partial charge < -0.3 is 15.5 Å². The van der Waals surface area contributed by atoms with Crippen LogP contribution in [0.2, 0.25) is 0 Å². The molecule has 0 fully saturated rings. The molecule has 0 saturated carbocycles. The molecule has 0 spiro atoms. The average Bonchev–Trinajstić information content (AvgIpc) is 2.71. The molecular weight excluding hydrogens is 220 g/mol. The third-order valence-electron chi connectivity index (χ3n) is 2.52. The molecule has 2 aromatic rings. The summed E-state index contributed by atoms with van der Waals surface area (Å²) in [6.07, 6.45) is 0.905. The zero-order chi connectivity index (χ0) is 12.3. The molecule has 0 aliphatic rings. The van der Waals surface area contributed by atoms with Gasteiger partial charge in [0.2, 0.25) is 0 Å². The minimum atomic E-state index is -0.943. The number of carbonyl (C=O) groups excluding carboxylic acids is 2. The molecule has 1 aromatic heterocycles. The van der Waals surface area contributed by atoms with Crippen molar-refractivity contribution < 1.29 is 14.3 Å². The minimum absolute atomic E-state index is 0.316. The van der Waals surface area contributed by atoms with E-state index in [9.17, 15) is 9.59 Å². The second kappa shape index (κ2) is 4.69. The van der Waals surface area contributed by atoms with Crippen molar-refractivity contribution >= 4 is 23.3 Å². The van der Waals surface area contributed by atoms with Crippen LogP contribution in [0.4, 0.5) is 4.79 Å². The number of benzene rings is 1. The van der Waals surface area contributed by atoms with E-state index < -0.39 is 12.2 Å². The number of primary amides is 1. The van der Waals surface area contributed by atoms with Gasteiger partial charge in [-0.25, -0.2) is 4.79 Å². The van der Waals surface area contributed by atoms with Gasteiger partial charge in [-0.15, -0.1) is 0 Å². The SMILES string of the molecule is NC(=O)OC(C=O)Cc1c[nH]c2ccccc12. The molecule has 1 aromatic carbocycles. The Morgan fingerprint density at radius 2 is 2.24 bits per heavy atom. The molecule has 1 atom stereocenters. The van der Waals surface area contributed by atoms with Gasteiger partial charge in [0.05, 0.1) is 0 Å². The molecule has 0 bridgehead atoms. The van der Waals surface area contributed by atoms with Gasteiger partial charge in [-0.1, -0.05) is 18.2 Å². The highest BCUT2D eigenvalue weighted by Crippen LogP contribution is 2.19.